The summed E-state index contributed by atoms with van der Waals surface area (Å²) in [6, 6.07) is 0.778. The van der Waals surface area contributed by atoms with Gasteiger partial charge in [0.2, 0.25) is 0 Å². The summed E-state index contributed by atoms with van der Waals surface area (Å²) in [5, 5.41) is 3.57. The average Bonchev–Trinajstić information content (AvgIpc) is 2.33. The van der Waals surface area contributed by atoms with Crippen LogP contribution in [0.1, 0.15) is 22.3 Å². The summed E-state index contributed by atoms with van der Waals surface area (Å²) in [6.07, 6.45) is -2.20. The van der Waals surface area contributed by atoms with Crippen molar-refractivity contribution in [2.45, 2.75) is 12.6 Å². The van der Waals surface area contributed by atoms with E-state index in [4.69, 9.17) is 0 Å². The van der Waals surface area contributed by atoms with Gasteiger partial charge in [0.25, 0.3) is 5.91 Å². The number of amidine groups is 1. The molecule has 0 aromatic carbocycles. The van der Waals surface area contributed by atoms with E-state index < -0.39 is 23.2 Å². The van der Waals surface area contributed by atoms with Crippen LogP contribution in [0.15, 0.2) is 23.6 Å². The van der Waals surface area contributed by atoms with Gasteiger partial charge in [0.05, 0.1) is 11.1 Å². The number of nitrogens with zero attached hydrogens (tertiary/aromatic N) is 3. The van der Waals surface area contributed by atoms with Gasteiger partial charge < -0.3 is 4.84 Å². The normalized spacial score (nSPS) is 17.3. The van der Waals surface area contributed by atoms with E-state index in [1.54, 1.807) is 0 Å². The first-order valence-electron chi connectivity index (χ1n) is 5.38. The van der Waals surface area contributed by atoms with Crippen molar-refractivity contribution in [3.05, 3.63) is 29.6 Å². The molecule has 0 spiro atoms. The minimum absolute atomic E-state index is 0.310. The molecule has 2 heterocycles. The lowest BCUT2D eigenvalue weighted by Crippen LogP contribution is -2.48. The van der Waals surface area contributed by atoms with E-state index in [2.05, 4.69) is 15.0 Å². The largest absolute Gasteiger partial charge is 0.417 e. The number of likely N-dealkylation sites (tertiary alicyclic amines) is 1. The number of hydrogen-bond acceptors (Lipinski definition) is 4. The Hall–Kier alpha value is -2.12. The molecular weight excluding hydrogens is 263 g/mol. The first-order valence-corrected chi connectivity index (χ1v) is 5.38. The molecule has 5 nitrogen and oxygen atoms in total. The molecular formula is C11H10F3N3O2. The van der Waals surface area contributed by atoms with Crippen molar-refractivity contribution in [3.8, 4) is 0 Å². The molecule has 0 aliphatic carbocycles. The molecule has 0 radical (unpaired) electrons. The van der Waals surface area contributed by atoms with Gasteiger partial charge in [-0.1, -0.05) is 5.16 Å². The highest BCUT2D eigenvalue weighted by Crippen LogP contribution is 2.32. The van der Waals surface area contributed by atoms with Crippen LogP contribution in [0.25, 0.3) is 0 Å². The molecule has 1 aliphatic rings. The molecule has 0 N–H and O–H groups in total. The van der Waals surface area contributed by atoms with Crippen LogP contribution in [-0.2, 0) is 11.0 Å². The van der Waals surface area contributed by atoms with Crippen LogP contribution in [0, 0.1) is 0 Å². The number of carbonyl (C=O) groups excluding carboxylic acids is 1. The third kappa shape index (κ3) is 2.51. The Morgan fingerprint density at radius 3 is 2.79 bits per heavy atom. The van der Waals surface area contributed by atoms with E-state index in [9.17, 15) is 18.0 Å². The Morgan fingerprint density at radius 1 is 1.53 bits per heavy atom. The predicted octanol–water partition coefficient (Wildman–Crippen LogP) is 1.91. The second-order valence-corrected chi connectivity index (χ2v) is 3.82. The predicted molar refractivity (Wildman–Crippen MR) is 59.3 cm³/mol. The third-order valence-electron chi connectivity index (χ3n) is 2.67. The minimum Gasteiger partial charge on any atom is -0.398 e. The molecule has 1 aromatic heterocycles. The summed E-state index contributed by atoms with van der Waals surface area (Å²) in [7, 11) is 1.30. The molecule has 0 unspecified atom stereocenters. The SMILES string of the molecule is CON=C1CCN1C(=O)c1cnccc1C(F)(F)F. The summed E-state index contributed by atoms with van der Waals surface area (Å²) in [6.45, 7) is 0.313. The Bertz CT molecular complexity index is 528. The van der Waals surface area contributed by atoms with Crippen LogP contribution in [0.5, 0.6) is 0 Å². The number of hydrogen-bond donors (Lipinski definition) is 0. The maximum atomic E-state index is 12.8. The molecule has 8 heteroatoms. The molecule has 2 rings (SSSR count). The number of oxime groups is 1. The average molecular weight is 273 g/mol. The number of aromatic nitrogens is 1. The quantitative estimate of drug-likeness (QED) is 0.773. The fourth-order valence-corrected chi connectivity index (χ4v) is 1.70. The van der Waals surface area contributed by atoms with E-state index >= 15 is 0 Å². The van der Waals surface area contributed by atoms with E-state index in [1.807, 2.05) is 0 Å². The molecule has 102 valence electrons. The first-order chi connectivity index (χ1) is 8.95. The second kappa shape index (κ2) is 4.87. The number of carbonyl (C=O) groups is 1. The Balaban J connectivity index is 2.33. The van der Waals surface area contributed by atoms with Crippen molar-refractivity contribution < 1.29 is 22.8 Å². The molecule has 1 aromatic rings. The second-order valence-electron chi connectivity index (χ2n) is 3.82. The van der Waals surface area contributed by atoms with Crippen LogP contribution in [0.4, 0.5) is 13.2 Å². The summed E-state index contributed by atoms with van der Waals surface area (Å²) < 4.78 is 38.4. The standard InChI is InChI=1S/C11H10F3N3O2/c1-19-16-9-3-5-17(9)10(18)7-6-15-4-2-8(7)11(12,13)14/h2,4,6H,3,5H2,1H3. The Morgan fingerprint density at radius 2 is 2.26 bits per heavy atom. The van der Waals surface area contributed by atoms with Crippen LogP contribution >= 0.6 is 0 Å². The van der Waals surface area contributed by atoms with Crippen molar-refractivity contribution in [1.82, 2.24) is 9.88 Å². The van der Waals surface area contributed by atoms with Crippen LogP contribution < -0.4 is 0 Å². The lowest BCUT2D eigenvalue weighted by molar-refractivity contribution is -0.138. The number of rotatable bonds is 2. The fraction of sp³-hybridized carbons (Fsp3) is 0.364. The van der Waals surface area contributed by atoms with E-state index in [1.165, 1.54) is 7.11 Å². The molecule has 19 heavy (non-hydrogen) atoms. The smallest absolute Gasteiger partial charge is 0.398 e. The van der Waals surface area contributed by atoms with E-state index in [0.29, 0.717) is 18.8 Å². The van der Waals surface area contributed by atoms with Crippen molar-refractivity contribution in [1.29, 1.82) is 0 Å². The molecule has 0 bridgehead atoms. The van der Waals surface area contributed by atoms with Gasteiger partial charge in [-0.2, -0.15) is 13.2 Å². The summed E-state index contributed by atoms with van der Waals surface area (Å²) in [5.41, 5.74) is -1.49. The van der Waals surface area contributed by atoms with Gasteiger partial charge in [0, 0.05) is 25.4 Å². The molecule has 1 aliphatic heterocycles. The first kappa shape index (κ1) is 13.3. The van der Waals surface area contributed by atoms with Crippen molar-refractivity contribution in [2.24, 2.45) is 5.16 Å². The lowest BCUT2D eigenvalue weighted by atomic mass is 10.1. The molecule has 0 atom stereocenters. The number of pyridine rings is 1. The van der Waals surface area contributed by atoms with Crippen molar-refractivity contribution >= 4 is 11.7 Å². The van der Waals surface area contributed by atoms with Crippen LogP contribution in [0.3, 0.4) is 0 Å². The highest BCUT2D eigenvalue weighted by molar-refractivity contribution is 6.09. The molecule has 1 amide bonds. The van der Waals surface area contributed by atoms with Crippen molar-refractivity contribution in [2.75, 3.05) is 13.7 Å². The van der Waals surface area contributed by atoms with Gasteiger partial charge in [-0.15, -0.1) is 0 Å². The monoisotopic (exact) mass is 273 g/mol. The van der Waals surface area contributed by atoms with Crippen molar-refractivity contribution in [3.63, 3.8) is 0 Å². The maximum Gasteiger partial charge on any atom is 0.417 e. The van der Waals surface area contributed by atoms with E-state index in [-0.39, 0.29) is 0 Å². The summed E-state index contributed by atoms with van der Waals surface area (Å²) >= 11 is 0. The lowest BCUT2D eigenvalue weighted by Gasteiger charge is -2.32. The van der Waals surface area contributed by atoms with Gasteiger partial charge in [0.15, 0.2) is 5.84 Å². The Labute approximate surface area is 106 Å². The number of alkyl halides is 3. The van der Waals surface area contributed by atoms with Gasteiger partial charge in [-0.05, 0) is 6.07 Å². The minimum atomic E-state index is -4.60. The van der Waals surface area contributed by atoms with Crippen LogP contribution in [0.2, 0.25) is 0 Å². The number of amides is 1. The molecule has 0 saturated carbocycles. The maximum absolute atomic E-state index is 12.8. The molecule has 1 fully saturated rings. The summed E-state index contributed by atoms with van der Waals surface area (Å²) in [5.74, 6) is -0.466. The highest BCUT2D eigenvalue weighted by atomic mass is 19.4. The highest BCUT2D eigenvalue weighted by Gasteiger charge is 2.38. The fourth-order valence-electron chi connectivity index (χ4n) is 1.70. The van der Waals surface area contributed by atoms with Crippen LogP contribution in [-0.4, -0.2) is 35.3 Å². The zero-order valence-corrected chi connectivity index (χ0v) is 9.94. The zero-order valence-electron chi connectivity index (χ0n) is 9.94. The number of halogens is 3. The summed E-state index contributed by atoms with van der Waals surface area (Å²) in [4.78, 5) is 21.3. The van der Waals surface area contributed by atoms with Gasteiger partial charge in [-0.25, -0.2) is 0 Å². The third-order valence-corrected chi connectivity index (χ3v) is 2.67. The topological polar surface area (TPSA) is 54.8 Å². The van der Waals surface area contributed by atoms with Gasteiger partial charge in [0.1, 0.15) is 7.11 Å². The Kier molecular flexibility index (Phi) is 3.41. The molecule has 1 saturated heterocycles. The van der Waals surface area contributed by atoms with Gasteiger partial charge in [-0.3, -0.25) is 14.7 Å². The van der Waals surface area contributed by atoms with Gasteiger partial charge >= 0.3 is 6.18 Å². The van der Waals surface area contributed by atoms with E-state index in [0.717, 1.165) is 23.4 Å². The zero-order chi connectivity index (χ0) is 14.0.